The summed E-state index contributed by atoms with van der Waals surface area (Å²) in [6, 6.07) is 8.27. The largest absolute Gasteiger partial charge is 0.494 e. The average molecular weight is 345 g/mol. The lowest BCUT2D eigenvalue weighted by Gasteiger charge is -2.34. The second kappa shape index (κ2) is 8.34. The molecule has 1 N–H and O–H groups in total. The second-order valence-electron chi connectivity index (χ2n) is 6.69. The number of likely N-dealkylation sites (tertiary alicyclic amines) is 1. The number of hydrogen-bond donors (Lipinski definition) is 1. The number of amides is 2. The molecule has 0 spiro atoms. The van der Waals surface area contributed by atoms with Crippen molar-refractivity contribution >= 4 is 11.8 Å². The topological polar surface area (TPSA) is 61.9 Å². The van der Waals surface area contributed by atoms with Crippen LogP contribution in [0.25, 0.3) is 0 Å². The number of nitrogens with zero attached hydrogens (tertiary/aromatic N) is 2. The minimum Gasteiger partial charge on any atom is -0.494 e. The number of rotatable bonds is 5. The lowest BCUT2D eigenvalue weighted by Crippen LogP contribution is -2.52. The van der Waals surface area contributed by atoms with Crippen LogP contribution in [0.15, 0.2) is 24.3 Å². The van der Waals surface area contributed by atoms with E-state index in [1.165, 1.54) is 5.56 Å². The van der Waals surface area contributed by atoms with Crippen molar-refractivity contribution in [1.82, 2.24) is 15.1 Å². The van der Waals surface area contributed by atoms with Crippen LogP contribution >= 0.6 is 0 Å². The molecule has 0 aromatic heterocycles. The molecule has 0 saturated carbocycles. The van der Waals surface area contributed by atoms with Gasteiger partial charge in [-0.25, -0.2) is 0 Å². The number of nitrogens with one attached hydrogen (secondary N) is 1. The summed E-state index contributed by atoms with van der Waals surface area (Å²) in [7, 11) is 0. The van der Waals surface area contributed by atoms with Gasteiger partial charge in [-0.15, -0.1) is 0 Å². The summed E-state index contributed by atoms with van der Waals surface area (Å²) in [5.41, 5.74) is 1.28. The van der Waals surface area contributed by atoms with E-state index in [9.17, 15) is 9.59 Å². The third-order valence-electron chi connectivity index (χ3n) is 5.00. The van der Waals surface area contributed by atoms with Gasteiger partial charge in [0.15, 0.2) is 0 Å². The molecule has 6 nitrogen and oxygen atoms in total. The first-order valence-electron chi connectivity index (χ1n) is 9.16. The molecule has 0 radical (unpaired) electrons. The Bertz CT molecular complexity index is 612. The van der Waals surface area contributed by atoms with Crippen LogP contribution in [0, 0.1) is 0 Å². The molecule has 2 aliphatic rings. The molecule has 0 unspecified atom stereocenters. The van der Waals surface area contributed by atoms with E-state index in [-0.39, 0.29) is 18.4 Å². The Morgan fingerprint density at radius 1 is 1.24 bits per heavy atom. The molecule has 0 atom stereocenters. The fraction of sp³-hybridized carbons (Fsp3) is 0.579. The van der Waals surface area contributed by atoms with E-state index in [0.717, 1.165) is 31.7 Å². The van der Waals surface area contributed by atoms with Crippen LogP contribution in [0.3, 0.4) is 0 Å². The molecule has 2 amide bonds. The van der Waals surface area contributed by atoms with Crippen LogP contribution in [-0.4, -0.2) is 67.5 Å². The van der Waals surface area contributed by atoms with Gasteiger partial charge in [0.25, 0.3) is 0 Å². The molecule has 2 fully saturated rings. The number of carbonyl (C=O) groups is 2. The fourth-order valence-electron chi connectivity index (χ4n) is 3.65. The van der Waals surface area contributed by atoms with Crippen LogP contribution in [-0.2, 0) is 9.59 Å². The van der Waals surface area contributed by atoms with Crippen molar-refractivity contribution in [2.45, 2.75) is 25.7 Å². The monoisotopic (exact) mass is 345 g/mol. The number of piperidine rings is 1. The number of para-hydroxylation sites is 1. The van der Waals surface area contributed by atoms with Crippen molar-refractivity contribution < 1.29 is 14.3 Å². The maximum absolute atomic E-state index is 12.4. The van der Waals surface area contributed by atoms with Crippen LogP contribution in [0.4, 0.5) is 0 Å². The van der Waals surface area contributed by atoms with Crippen LogP contribution in [0.1, 0.15) is 31.2 Å². The third-order valence-corrected chi connectivity index (χ3v) is 5.00. The first kappa shape index (κ1) is 17.7. The average Bonchev–Trinajstić information content (AvgIpc) is 2.63. The van der Waals surface area contributed by atoms with Gasteiger partial charge < -0.3 is 15.0 Å². The van der Waals surface area contributed by atoms with Crippen LogP contribution < -0.4 is 10.1 Å². The Labute approximate surface area is 149 Å². The summed E-state index contributed by atoms with van der Waals surface area (Å²) in [6.07, 6.45) is 2.05. The van der Waals surface area contributed by atoms with Gasteiger partial charge in [-0.1, -0.05) is 18.2 Å². The van der Waals surface area contributed by atoms with E-state index in [0.29, 0.717) is 32.2 Å². The molecule has 0 aliphatic carbocycles. The number of piperazine rings is 1. The van der Waals surface area contributed by atoms with E-state index in [4.69, 9.17) is 4.74 Å². The summed E-state index contributed by atoms with van der Waals surface area (Å²) in [6.45, 7) is 6.25. The zero-order valence-corrected chi connectivity index (χ0v) is 14.9. The Kier molecular flexibility index (Phi) is 5.91. The normalized spacial score (nSPS) is 19.6. The van der Waals surface area contributed by atoms with E-state index >= 15 is 0 Å². The zero-order valence-electron chi connectivity index (χ0n) is 14.9. The van der Waals surface area contributed by atoms with Crippen molar-refractivity contribution in [2.24, 2.45) is 0 Å². The highest BCUT2D eigenvalue weighted by atomic mass is 16.5. The van der Waals surface area contributed by atoms with Crippen LogP contribution in [0.2, 0.25) is 0 Å². The molecule has 136 valence electrons. The van der Waals surface area contributed by atoms with Gasteiger partial charge in [0, 0.05) is 13.1 Å². The summed E-state index contributed by atoms with van der Waals surface area (Å²) < 4.78 is 5.76. The second-order valence-corrected chi connectivity index (χ2v) is 6.69. The van der Waals surface area contributed by atoms with Gasteiger partial charge in [-0.3, -0.25) is 14.5 Å². The Morgan fingerprint density at radius 2 is 2.00 bits per heavy atom. The highest BCUT2D eigenvalue weighted by molar-refractivity contribution is 5.86. The third kappa shape index (κ3) is 4.51. The lowest BCUT2D eigenvalue weighted by molar-refractivity contribution is -0.139. The maximum Gasteiger partial charge on any atom is 0.239 e. The minimum atomic E-state index is -0.0640. The maximum atomic E-state index is 12.4. The standard InChI is InChI=1S/C19H27N3O3/c1-2-25-17-6-4-3-5-16(17)15-7-10-21(11-8-15)14-19(24)22-12-9-20-18(23)13-22/h3-6,15H,2,7-14H2,1H3,(H,20,23). The van der Waals surface area contributed by atoms with Crippen molar-refractivity contribution in [3.8, 4) is 5.75 Å². The molecule has 25 heavy (non-hydrogen) atoms. The van der Waals surface area contributed by atoms with Gasteiger partial charge in [0.1, 0.15) is 5.75 Å². The SMILES string of the molecule is CCOc1ccccc1C1CCN(CC(=O)N2CCNC(=O)C2)CC1. The van der Waals surface area contributed by atoms with Gasteiger partial charge in [-0.05, 0) is 50.4 Å². The molecule has 1 aromatic rings. The summed E-state index contributed by atoms with van der Waals surface area (Å²) in [4.78, 5) is 27.7. The molecular formula is C19H27N3O3. The van der Waals surface area contributed by atoms with Crippen molar-refractivity contribution in [3.63, 3.8) is 0 Å². The Morgan fingerprint density at radius 3 is 2.72 bits per heavy atom. The first-order chi connectivity index (χ1) is 12.2. The Balaban J connectivity index is 1.52. The number of benzene rings is 1. The molecule has 2 aliphatic heterocycles. The first-order valence-corrected chi connectivity index (χ1v) is 9.16. The molecule has 2 heterocycles. The van der Waals surface area contributed by atoms with Gasteiger partial charge in [0.2, 0.25) is 11.8 Å². The predicted molar refractivity (Wildman–Crippen MR) is 95.6 cm³/mol. The van der Waals surface area contributed by atoms with Crippen LogP contribution in [0.5, 0.6) is 5.75 Å². The number of carbonyl (C=O) groups excluding carboxylic acids is 2. The molecule has 3 rings (SSSR count). The van der Waals surface area contributed by atoms with Gasteiger partial charge >= 0.3 is 0 Å². The number of ether oxygens (including phenoxy) is 1. The fourth-order valence-corrected chi connectivity index (χ4v) is 3.65. The number of hydrogen-bond acceptors (Lipinski definition) is 4. The highest BCUT2D eigenvalue weighted by Crippen LogP contribution is 2.34. The molecule has 6 heteroatoms. The van der Waals surface area contributed by atoms with Crippen molar-refractivity contribution in [2.75, 3.05) is 45.9 Å². The van der Waals surface area contributed by atoms with Crippen molar-refractivity contribution in [3.05, 3.63) is 29.8 Å². The van der Waals surface area contributed by atoms with E-state index in [1.807, 2.05) is 19.1 Å². The predicted octanol–water partition coefficient (Wildman–Crippen LogP) is 1.22. The zero-order chi connectivity index (χ0) is 17.6. The molecule has 0 bridgehead atoms. The van der Waals surface area contributed by atoms with E-state index in [2.05, 4.69) is 22.3 Å². The lowest BCUT2D eigenvalue weighted by atomic mass is 9.89. The summed E-state index contributed by atoms with van der Waals surface area (Å²) in [5, 5.41) is 2.75. The van der Waals surface area contributed by atoms with E-state index in [1.54, 1.807) is 4.90 Å². The molecule has 2 saturated heterocycles. The quantitative estimate of drug-likeness (QED) is 0.872. The van der Waals surface area contributed by atoms with E-state index < -0.39 is 0 Å². The summed E-state index contributed by atoms with van der Waals surface area (Å²) in [5.74, 6) is 1.46. The smallest absolute Gasteiger partial charge is 0.239 e. The minimum absolute atomic E-state index is 0.0583. The van der Waals surface area contributed by atoms with Gasteiger partial charge in [0.05, 0.1) is 19.7 Å². The van der Waals surface area contributed by atoms with Crippen molar-refractivity contribution in [1.29, 1.82) is 0 Å². The molecule has 1 aromatic carbocycles. The molecular weight excluding hydrogens is 318 g/mol. The highest BCUT2D eigenvalue weighted by Gasteiger charge is 2.27. The van der Waals surface area contributed by atoms with Gasteiger partial charge in [-0.2, -0.15) is 0 Å². The summed E-state index contributed by atoms with van der Waals surface area (Å²) >= 11 is 0. The Hall–Kier alpha value is -2.08.